The predicted octanol–water partition coefficient (Wildman–Crippen LogP) is -2.23. The maximum atomic E-state index is 14.1. The third kappa shape index (κ3) is 24.6. The van der Waals surface area contributed by atoms with Crippen molar-refractivity contribution in [3.8, 4) is 0 Å². The van der Waals surface area contributed by atoms with E-state index in [1.807, 2.05) is 6.08 Å². The van der Waals surface area contributed by atoms with Crippen molar-refractivity contribution < 1.29 is 156 Å². The number of amides is 4. The lowest BCUT2D eigenvalue weighted by atomic mass is 9.85. The number of ether oxygens (including phenoxy) is 11. The predicted molar refractivity (Wildman–Crippen MR) is 349 cm³/mol. The van der Waals surface area contributed by atoms with Crippen molar-refractivity contribution in [3.63, 3.8) is 0 Å². The van der Waals surface area contributed by atoms with Crippen LogP contribution in [0.4, 0.5) is 4.79 Å². The molecule has 20 N–H and O–H groups in total. The molecule has 582 valence electrons. The monoisotopic (exact) mass is 1490 g/mol. The van der Waals surface area contributed by atoms with Crippen molar-refractivity contribution in [1.29, 1.82) is 0 Å². The smallest absolute Gasteiger partial charge is 0.474 e. The number of nitrogens with two attached hydrogens (primary N) is 3. The number of carboxylic acids is 2. The van der Waals surface area contributed by atoms with Crippen LogP contribution in [-0.2, 0) is 89.7 Å². The molecule has 27 atom stereocenters. The summed E-state index contributed by atoms with van der Waals surface area (Å²) in [6, 6.07) is -5.51. The second-order valence-electron chi connectivity index (χ2n) is 27.0. The summed E-state index contributed by atoms with van der Waals surface area (Å²) in [7, 11) is -5.82. The molecule has 5 aliphatic rings. The molecule has 0 saturated carbocycles. The number of carbonyl (C=O) groups excluding carboxylic acids is 4. The van der Waals surface area contributed by atoms with Gasteiger partial charge in [-0.25, -0.2) is 18.9 Å². The first-order valence-corrected chi connectivity index (χ1v) is 34.5. The average Bonchev–Trinajstić information content (AvgIpc) is 0.750. The first kappa shape index (κ1) is 87.3. The minimum atomic E-state index is -5.82. The Morgan fingerprint density at radius 3 is 1.85 bits per heavy atom. The number of phosphoric acid groups is 1. The van der Waals surface area contributed by atoms with E-state index in [1.54, 1.807) is 13.0 Å². The summed E-state index contributed by atoms with van der Waals surface area (Å²) < 4.78 is 88.5. The van der Waals surface area contributed by atoms with Crippen molar-refractivity contribution in [3.05, 3.63) is 59.3 Å². The molecule has 0 bridgehead atoms. The molecule has 0 spiro atoms. The van der Waals surface area contributed by atoms with E-state index in [0.29, 0.717) is 12.8 Å². The molecule has 5 aliphatic heterocycles. The fraction of sp³-hybridized carbons (Fsp3) is 0.750. The van der Waals surface area contributed by atoms with Crippen LogP contribution >= 0.6 is 7.82 Å². The van der Waals surface area contributed by atoms with Crippen LogP contribution in [0.5, 0.6) is 0 Å². The van der Waals surface area contributed by atoms with E-state index in [2.05, 4.69) is 70.1 Å². The Bertz CT molecular complexity index is 3000. The van der Waals surface area contributed by atoms with Crippen LogP contribution in [0.3, 0.4) is 0 Å². The zero-order valence-corrected chi connectivity index (χ0v) is 59.4. The number of carboxylic acid groups (broad SMARTS) is 2. The average molecular weight is 1490 g/mol. The molecule has 0 aromatic rings. The minimum Gasteiger partial charge on any atom is -0.479 e. The minimum absolute atomic E-state index is 0.137. The van der Waals surface area contributed by atoms with Crippen LogP contribution in [0.1, 0.15) is 114 Å². The molecule has 0 aromatic carbocycles. The number of aliphatic carboxylic acids is 2. The number of hydrogen-bond donors (Lipinski definition) is 17. The number of aliphatic hydroxyl groups excluding tert-OH is 8. The van der Waals surface area contributed by atoms with Crippen molar-refractivity contribution >= 4 is 43.6 Å². The molecule has 37 nitrogen and oxygen atoms in total. The Morgan fingerprint density at radius 2 is 1.27 bits per heavy atom. The first-order chi connectivity index (χ1) is 47.5. The molecule has 0 aliphatic carbocycles. The van der Waals surface area contributed by atoms with E-state index in [4.69, 9.17) is 78.4 Å². The van der Waals surface area contributed by atoms with Crippen molar-refractivity contribution in [1.82, 2.24) is 10.6 Å². The van der Waals surface area contributed by atoms with Crippen LogP contribution in [0, 0.1) is 5.41 Å². The van der Waals surface area contributed by atoms with E-state index in [0.717, 1.165) is 64.0 Å². The lowest BCUT2D eigenvalue weighted by molar-refractivity contribution is -0.373. The van der Waals surface area contributed by atoms with Crippen LogP contribution in [0.15, 0.2) is 59.3 Å². The van der Waals surface area contributed by atoms with Gasteiger partial charge in [0.2, 0.25) is 17.7 Å². The second-order valence-corrected chi connectivity index (χ2v) is 28.5. The number of hydrogen-bond acceptors (Lipinski definition) is 30. The molecule has 38 heteroatoms. The zero-order chi connectivity index (χ0) is 76.6. The van der Waals surface area contributed by atoms with Gasteiger partial charge in [-0.05, 0) is 91.9 Å². The summed E-state index contributed by atoms with van der Waals surface area (Å²) in [5, 5.41) is 124. The molecule has 5 heterocycles. The molecular weight excluding hydrogens is 1380 g/mol. The van der Waals surface area contributed by atoms with Gasteiger partial charge in [0.1, 0.15) is 84.8 Å². The highest BCUT2D eigenvalue weighted by atomic mass is 31.2. The van der Waals surface area contributed by atoms with E-state index in [9.17, 15) is 94.4 Å². The molecule has 5 saturated heterocycles. The van der Waals surface area contributed by atoms with Crippen molar-refractivity contribution in [2.75, 3.05) is 26.4 Å². The van der Waals surface area contributed by atoms with Crippen molar-refractivity contribution in [2.45, 2.75) is 273 Å². The first-order valence-electron chi connectivity index (χ1n) is 33.0. The van der Waals surface area contributed by atoms with Gasteiger partial charge >= 0.3 is 25.9 Å². The number of primary amides is 2. The van der Waals surface area contributed by atoms with Gasteiger partial charge in [0, 0.05) is 13.8 Å². The molecule has 102 heavy (non-hydrogen) atoms. The topological polar surface area (TPSA) is 584 Å². The quantitative estimate of drug-likeness (QED) is 0.0233. The molecule has 2 unspecified atom stereocenters. The largest absolute Gasteiger partial charge is 0.479 e. The number of rotatable bonds is 36. The highest BCUT2D eigenvalue weighted by Crippen LogP contribution is 2.49. The van der Waals surface area contributed by atoms with Gasteiger partial charge in [-0.1, -0.05) is 73.1 Å². The lowest BCUT2D eigenvalue weighted by Crippen LogP contribution is -2.72. The third-order valence-electron chi connectivity index (χ3n) is 17.6. The van der Waals surface area contributed by atoms with Crippen LogP contribution < -0.4 is 27.8 Å². The number of allylic oxidation sites excluding steroid dienone is 8. The molecule has 0 radical (unpaired) electrons. The molecule has 5 rings (SSSR count). The second kappa shape index (κ2) is 38.8. The van der Waals surface area contributed by atoms with Gasteiger partial charge in [-0.2, -0.15) is 0 Å². The molecule has 5 fully saturated rings. The Hall–Kier alpha value is -5.37. The number of carbonyl (C=O) groups is 6. The molecule has 4 amide bonds. The summed E-state index contributed by atoms with van der Waals surface area (Å²) in [4.78, 5) is 87.6. The summed E-state index contributed by atoms with van der Waals surface area (Å²) in [6.45, 7) is 17.1. The number of phosphoric ester groups is 1. The van der Waals surface area contributed by atoms with Gasteiger partial charge in [0.25, 0.3) is 0 Å². The fourth-order valence-corrected chi connectivity index (χ4v) is 12.5. The summed E-state index contributed by atoms with van der Waals surface area (Å²) in [6.07, 6.45) is -31.3. The summed E-state index contributed by atoms with van der Waals surface area (Å²) >= 11 is 0. The van der Waals surface area contributed by atoms with Gasteiger partial charge in [0.15, 0.2) is 62.0 Å². The van der Waals surface area contributed by atoms with Crippen LogP contribution in [0.25, 0.3) is 0 Å². The Balaban J connectivity index is 1.41. The zero-order valence-electron chi connectivity index (χ0n) is 58.5. The Labute approximate surface area is 589 Å². The van der Waals surface area contributed by atoms with E-state index >= 15 is 0 Å². The fourth-order valence-electron chi connectivity index (χ4n) is 11.7. The van der Waals surface area contributed by atoms with Gasteiger partial charge in [-0.15, -0.1) is 0 Å². The van der Waals surface area contributed by atoms with Gasteiger partial charge in [-0.3, -0.25) is 23.4 Å². The van der Waals surface area contributed by atoms with Crippen LogP contribution in [-0.4, -0.2) is 282 Å². The van der Waals surface area contributed by atoms with E-state index < -0.39 is 222 Å². The summed E-state index contributed by atoms with van der Waals surface area (Å²) in [5.41, 5.74) is 18.8. The number of nitrogens with one attached hydrogen (secondary N) is 2. The molecular formula is C64H104N5O32P. The Kier molecular flexibility index (Phi) is 33.2. The number of aliphatic hydroxyl groups is 9. The lowest BCUT2D eigenvalue weighted by Gasteiger charge is -2.52. The normalized spacial score (nSPS) is 36.4. The molecule has 0 aromatic heterocycles. The van der Waals surface area contributed by atoms with E-state index in [-0.39, 0.29) is 12.0 Å². The highest BCUT2D eigenvalue weighted by molar-refractivity contribution is 7.47. The van der Waals surface area contributed by atoms with E-state index in [1.165, 1.54) is 18.1 Å². The third-order valence-corrected chi connectivity index (χ3v) is 18.5. The SMILES string of the molecule is C=C(C/C=C(\C)CCC=C(C)C)CCC(C)(C)/C=C/CC/C(C)=C/COC(COP(=O)(O)O[C@H]1O[C@H](C(N)=O)[C@@](C)(O)[C@H](OC(N)=O)[C@H]1O[C@@H]1O[C@H](CO[C@@H]2O[C@H](CO)[C@@H](O)[C@H](O)[C@H]2N)[C@@H](O[C@@H]2O[C@H](C)[C@@H](O[C@H]3O[C@@H](C(=O)O)[C@@H](O)[C@@H](O)[C@@H]3O)[C@H](O)[C@H]2NC(C)=O)[C@@H](O)[C@H]1NC(C)=O)C(=O)O. The Morgan fingerprint density at radius 1 is 0.696 bits per heavy atom. The van der Waals surface area contributed by atoms with Crippen molar-refractivity contribution in [2.24, 2.45) is 22.6 Å². The maximum Gasteiger partial charge on any atom is 0.474 e. The van der Waals surface area contributed by atoms with Gasteiger partial charge in [0.05, 0.1) is 38.6 Å². The highest BCUT2D eigenvalue weighted by Gasteiger charge is 2.62. The standard InChI is InChI=1S/C64H104N5O32P/c1-28(2)15-14-17-29(3)18-19-31(5)20-23-63(9,10)22-13-12-16-30(4)21-24-89-37(55(81)82)27-91-102(87,88)101-61-51(52(100-62(67)85)64(11,86)53(99-61)54(66)80)98-59-40(69-34(8)72)44(76)49(36(94-59)26-90-57-38(65)42(74)41(73)35(25-70)93-57)96-58-39(68-33(7)71)43(75)48(32(6)92-58)95-60-47(79)45(77)46(78)50(97-60)56(83)84/h13,15,18,21-22,32,35-53,57-61,70,73-79,86H,5,12,14,16-17,19-20,23-27,65H2,1-4,6-11H3,(H2,66,80)(H2,67,85)(H,68,71)(H,69,72)(H,81,82)(H,83,84)(H,87,88)/b22-13+,29-18+,30-21+/t32-,35-,36-,37?,38-,39-,40-,41-,42-,43-,44+,45-,46+,47+,48-,49-,50-,51-,52-,53-,57-,58+,59+,60+,61-,64+/m1/s1. The maximum absolute atomic E-state index is 14.1. The van der Waals surface area contributed by atoms with Crippen LogP contribution in [0.2, 0.25) is 0 Å². The van der Waals surface area contributed by atoms with Gasteiger partial charge < -0.3 is 141 Å². The summed E-state index contributed by atoms with van der Waals surface area (Å²) in [5.74, 6) is -6.88.